The van der Waals surface area contributed by atoms with Gasteiger partial charge in [0.2, 0.25) is 0 Å². The van der Waals surface area contributed by atoms with Gasteiger partial charge >= 0.3 is 0 Å². The number of hydrogen-bond acceptors (Lipinski definition) is 4. The fraction of sp³-hybridized carbons (Fsp3) is 0.471. The molecule has 1 aromatic carbocycles. The first-order valence-electron chi connectivity index (χ1n) is 7.50. The summed E-state index contributed by atoms with van der Waals surface area (Å²) in [6.45, 7) is 4.34. The van der Waals surface area contributed by atoms with Gasteiger partial charge in [0.15, 0.2) is 0 Å². The fourth-order valence-electron chi connectivity index (χ4n) is 2.23. The zero-order valence-corrected chi connectivity index (χ0v) is 13.7. The van der Waals surface area contributed by atoms with E-state index >= 15 is 0 Å². The van der Waals surface area contributed by atoms with E-state index in [9.17, 15) is 0 Å². The van der Waals surface area contributed by atoms with E-state index in [0.29, 0.717) is 6.61 Å². The molecule has 0 bridgehead atoms. The van der Waals surface area contributed by atoms with E-state index in [1.807, 2.05) is 0 Å². The Morgan fingerprint density at radius 2 is 1.90 bits per heavy atom. The third-order valence-corrected chi connectivity index (χ3v) is 4.42. The summed E-state index contributed by atoms with van der Waals surface area (Å²) in [6.07, 6.45) is 3.13. The van der Waals surface area contributed by atoms with Crippen LogP contribution in [0.5, 0.6) is 0 Å². The van der Waals surface area contributed by atoms with E-state index < -0.39 is 0 Å². The number of thiazole rings is 1. The Morgan fingerprint density at radius 3 is 2.62 bits per heavy atom. The van der Waals surface area contributed by atoms with Gasteiger partial charge in [-0.3, -0.25) is 0 Å². The van der Waals surface area contributed by atoms with Gasteiger partial charge in [-0.15, -0.1) is 11.3 Å². The number of hydrogen-bond donors (Lipinski definition) is 1. The highest BCUT2D eigenvalue weighted by molar-refractivity contribution is 7.13. The number of rotatable bonds is 8. The Hall–Kier alpha value is -1.23. The van der Waals surface area contributed by atoms with E-state index in [2.05, 4.69) is 48.5 Å². The van der Waals surface area contributed by atoms with Gasteiger partial charge in [0, 0.05) is 24.1 Å². The largest absolute Gasteiger partial charge is 0.396 e. The van der Waals surface area contributed by atoms with Crippen LogP contribution in [0.25, 0.3) is 10.6 Å². The number of aromatic nitrogens is 1. The van der Waals surface area contributed by atoms with Crippen LogP contribution in [0, 0.1) is 6.92 Å². The number of aliphatic hydroxyl groups excluding tert-OH is 1. The lowest BCUT2D eigenvalue weighted by atomic mass is 10.2. The molecule has 4 heteroatoms. The van der Waals surface area contributed by atoms with Crippen molar-refractivity contribution in [2.75, 3.05) is 20.2 Å². The molecule has 0 atom stereocenters. The summed E-state index contributed by atoms with van der Waals surface area (Å²) in [4.78, 5) is 7.03. The van der Waals surface area contributed by atoms with Crippen LogP contribution in [-0.2, 0) is 6.54 Å². The zero-order chi connectivity index (χ0) is 15.1. The van der Waals surface area contributed by atoms with Gasteiger partial charge in [-0.1, -0.05) is 29.8 Å². The molecule has 21 heavy (non-hydrogen) atoms. The molecular formula is C17H24N2OS. The topological polar surface area (TPSA) is 36.4 Å². The Bertz CT molecular complexity index is 536. The van der Waals surface area contributed by atoms with Gasteiger partial charge in [-0.25, -0.2) is 4.98 Å². The van der Waals surface area contributed by atoms with Crippen LogP contribution in [0.4, 0.5) is 0 Å². The summed E-state index contributed by atoms with van der Waals surface area (Å²) >= 11 is 1.71. The minimum atomic E-state index is 0.301. The van der Waals surface area contributed by atoms with E-state index in [-0.39, 0.29) is 0 Å². The smallest absolute Gasteiger partial charge is 0.123 e. The average Bonchev–Trinajstić information content (AvgIpc) is 2.93. The number of benzene rings is 1. The second-order valence-corrected chi connectivity index (χ2v) is 6.39. The molecular weight excluding hydrogens is 280 g/mol. The quantitative estimate of drug-likeness (QED) is 0.755. The van der Waals surface area contributed by atoms with E-state index in [1.165, 1.54) is 11.1 Å². The van der Waals surface area contributed by atoms with Crippen LogP contribution in [0.15, 0.2) is 29.6 Å². The molecule has 2 aromatic rings. The molecule has 1 aromatic heterocycles. The highest BCUT2D eigenvalue weighted by Crippen LogP contribution is 2.24. The van der Waals surface area contributed by atoms with Crippen molar-refractivity contribution in [1.82, 2.24) is 9.88 Å². The van der Waals surface area contributed by atoms with Gasteiger partial charge < -0.3 is 10.0 Å². The van der Waals surface area contributed by atoms with Gasteiger partial charge in [0.05, 0.1) is 5.69 Å². The summed E-state index contributed by atoms with van der Waals surface area (Å²) in [5, 5.41) is 12.0. The molecule has 0 fully saturated rings. The van der Waals surface area contributed by atoms with Gasteiger partial charge in [-0.05, 0) is 39.8 Å². The first-order valence-corrected chi connectivity index (χ1v) is 8.38. The number of nitrogens with zero attached hydrogens (tertiary/aromatic N) is 2. The van der Waals surface area contributed by atoms with Crippen molar-refractivity contribution < 1.29 is 5.11 Å². The van der Waals surface area contributed by atoms with Crippen LogP contribution >= 0.6 is 11.3 Å². The molecule has 0 unspecified atom stereocenters. The number of aryl methyl sites for hydroxylation is 1. The lowest BCUT2D eigenvalue weighted by Crippen LogP contribution is -2.19. The van der Waals surface area contributed by atoms with Crippen molar-refractivity contribution in [3.8, 4) is 10.6 Å². The van der Waals surface area contributed by atoms with Crippen molar-refractivity contribution in [3.05, 3.63) is 40.9 Å². The highest BCUT2D eigenvalue weighted by Gasteiger charge is 2.07. The number of aliphatic hydroxyl groups is 1. The van der Waals surface area contributed by atoms with Crippen molar-refractivity contribution in [3.63, 3.8) is 0 Å². The standard InChI is InChI=1S/C17H24N2OS/c1-14-6-8-15(9-7-14)17-18-16(13-21-17)12-19(2)10-4-3-5-11-20/h6-9,13,20H,3-5,10-12H2,1-2H3. The molecule has 3 nitrogen and oxygen atoms in total. The molecule has 1 N–H and O–H groups in total. The summed E-state index contributed by atoms with van der Waals surface area (Å²) in [5.41, 5.74) is 3.61. The SMILES string of the molecule is Cc1ccc(-c2nc(CN(C)CCCCCO)cs2)cc1. The van der Waals surface area contributed by atoms with E-state index in [4.69, 9.17) is 10.1 Å². The van der Waals surface area contributed by atoms with E-state index in [0.717, 1.165) is 43.1 Å². The predicted molar refractivity (Wildman–Crippen MR) is 89.6 cm³/mol. The first-order chi connectivity index (χ1) is 10.2. The van der Waals surface area contributed by atoms with Gasteiger partial charge in [0.25, 0.3) is 0 Å². The Morgan fingerprint density at radius 1 is 1.14 bits per heavy atom. The number of unbranched alkanes of at least 4 members (excludes halogenated alkanes) is 2. The molecule has 0 amide bonds. The Kier molecular flexibility index (Phi) is 6.36. The van der Waals surface area contributed by atoms with Crippen LogP contribution < -0.4 is 0 Å². The molecule has 0 spiro atoms. The summed E-state index contributed by atoms with van der Waals surface area (Å²) in [6, 6.07) is 8.53. The highest BCUT2D eigenvalue weighted by atomic mass is 32.1. The minimum absolute atomic E-state index is 0.301. The second-order valence-electron chi connectivity index (χ2n) is 5.53. The van der Waals surface area contributed by atoms with Crippen molar-refractivity contribution >= 4 is 11.3 Å². The third kappa shape index (κ3) is 5.23. The average molecular weight is 304 g/mol. The minimum Gasteiger partial charge on any atom is -0.396 e. The third-order valence-electron chi connectivity index (χ3n) is 3.48. The summed E-state index contributed by atoms with van der Waals surface area (Å²) < 4.78 is 0. The Labute approximate surface area is 131 Å². The van der Waals surface area contributed by atoms with Crippen molar-refractivity contribution in [2.24, 2.45) is 0 Å². The fourth-order valence-corrected chi connectivity index (χ4v) is 3.05. The molecule has 2 rings (SSSR count). The molecule has 0 saturated carbocycles. The van der Waals surface area contributed by atoms with Gasteiger partial charge in [-0.2, -0.15) is 0 Å². The molecule has 114 valence electrons. The van der Waals surface area contributed by atoms with E-state index in [1.54, 1.807) is 11.3 Å². The Balaban J connectivity index is 1.86. The molecule has 0 aliphatic carbocycles. The first kappa shape index (κ1) is 16.1. The molecule has 1 heterocycles. The summed E-state index contributed by atoms with van der Waals surface area (Å²) in [5.74, 6) is 0. The lowest BCUT2D eigenvalue weighted by Gasteiger charge is -2.14. The second kappa shape index (κ2) is 8.27. The predicted octanol–water partition coefficient (Wildman–Crippen LogP) is 3.71. The normalized spacial score (nSPS) is 11.2. The van der Waals surface area contributed by atoms with Crippen LogP contribution in [-0.4, -0.2) is 35.2 Å². The molecule has 0 aliphatic heterocycles. The van der Waals surface area contributed by atoms with Gasteiger partial charge in [0.1, 0.15) is 5.01 Å². The monoisotopic (exact) mass is 304 g/mol. The van der Waals surface area contributed by atoms with Crippen LogP contribution in [0.2, 0.25) is 0 Å². The maximum Gasteiger partial charge on any atom is 0.123 e. The zero-order valence-electron chi connectivity index (χ0n) is 12.9. The lowest BCUT2D eigenvalue weighted by molar-refractivity contribution is 0.270. The molecule has 0 saturated heterocycles. The molecule has 0 aliphatic rings. The van der Waals surface area contributed by atoms with Crippen molar-refractivity contribution in [2.45, 2.75) is 32.7 Å². The van der Waals surface area contributed by atoms with Crippen molar-refractivity contribution in [1.29, 1.82) is 0 Å². The molecule has 0 radical (unpaired) electrons. The maximum atomic E-state index is 8.77. The summed E-state index contributed by atoms with van der Waals surface area (Å²) in [7, 11) is 2.13. The maximum absolute atomic E-state index is 8.77. The van der Waals surface area contributed by atoms with Crippen LogP contribution in [0.1, 0.15) is 30.5 Å². The van der Waals surface area contributed by atoms with Crippen LogP contribution in [0.3, 0.4) is 0 Å².